The molecule has 3 rings (SSSR count). The van der Waals surface area contributed by atoms with Crippen molar-refractivity contribution in [3.05, 3.63) is 12.7 Å². The Labute approximate surface area is 127 Å². The average Bonchev–Trinajstić information content (AvgIpc) is 3.02. The maximum Gasteiger partial charge on any atom is 0.167 e. The van der Waals surface area contributed by atoms with Crippen LogP contribution < -0.4 is 5.73 Å². The van der Waals surface area contributed by atoms with Gasteiger partial charge in [-0.25, -0.2) is 15.0 Å². The summed E-state index contributed by atoms with van der Waals surface area (Å²) in [7, 11) is 0. The summed E-state index contributed by atoms with van der Waals surface area (Å²) in [6.45, 7) is 0. The third kappa shape index (κ3) is 2.33. The summed E-state index contributed by atoms with van der Waals surface area (Å²) >= 11 is 4.45. The van der Waals surface area contributed by atoms with Crippen molar-refractivity contribution in [1.82, 2.24) is 19.5 Å². The Morgan fingerprint density at radius 1 is 1.48 bits per heavy atom. The summed E-state index contributed by atoms with van der Waals surface area (Å²) in [5.41, 5.74) is 6.82. The first kappa shape index (κ1) is 14.1. The van der Waals surface area contributed by atoms with E-state index in [0.29, 0.717) is 29.8 Å². The maximum absolute atomic E-state index is 10.2. The number of rotatable bonds is 3. The highest BCUT2D eigenvalue weighted by atomic mass is 32.1. The molecular weight excluding hydrogens is 290 g/mol. The van der Waals surface area contributed by atoms with Gasteiger partial charge in [0.05, 0.1) is 23.8 Å². The number of hydrogen-bond acceptors (Lipinski definition) is 7. The maximum atomic E-state index is 10.2. The molecule has 0 unspecified atom stereocenters. The van der Waals surface area contributed by atoms with Gasteiger partial charge in [0.2, 0.25) is 0 Å². The topological polar surface area (TPSA) is 99.1 Å². The predicted octanol–water partition coefficient (Wildman–Crippen LogP) is 0.379. The summed E-state index contributed by atoms with van der Waals surface area (Å²) in [6.07, 6.45) is 7.76. The zero-order valence-electron chi connectivity index (χ0n) is 11.1. The van der Waals surface area contributed by atoms with E-state index in [9.17, 15) is 5.11 Å². The van der Waals surface area contributed by atoms with E-state index < -0.39 is 17.6 Å². The van der Waals surface area contributed by atoms with E-state index in [-0.39, 0.29) is 6.10 Å². The fourth-order valence-corrected chi connectivity index (χ4v) is 2.89. The van der Waals surface area contributed by atoms with Gasteiger partial charge in [-0.2, -0.15) is 12.6 Å². The fraction of sp³-hybridized carbons (Fsp3) is 0.462. The Hall–Kier alpha value is -1.82. The second-order valence-corrected chi connectivity index (χ2v) is 5.47. The first-order valence-electron chi connectivity index (χ1n) is 6.51. The van der Waals surface area contributed by atoms with E-state index >= 15 is 0 Å². The van der Waals surface area contributed by atoms with Gasteiger partial charge in [0, 0.05) is 6.42 Å². The van der Waals surface area contributed by atoms with Crippen LogP contribution >= 0.6 is 12.6 Å². The standard InChI is InChI=1S/C13H15N5O2S/c1-2-3-4-7-9(19)10(21)13(20-7)18-6-17-8-11(14)15-5-16-12(8)18/h1,5-7,9-10,13,19,21H,3-4H2,(H2,14,15,16)/t7-,9-,10-,13-/m1/s1. The van der Waals surface area contributed by atoms with Gasteiger partial charge < -0.3 is 15.6 Å². The lowest BCUT2D eigenvalue weighted by Gasteiger charge is -2.16. The fourth-order valence-electron chi connectivity index (χ4n) is 2.48. The van der Waals surface area contributed by atoms with Crippen LogP contribution in [0.1, 0.15) is 19.1 Å². The largest absolute Gasteiger partial charge is 0.389 e. The van der Waals surface area contributed by atoms with Crippen molar-refractivity contribution >= 4 is 29.6 Å². The van der Waals surface area contributed by atoms with Crippen LogP contribution in [0.4, 0.5) is 5.82 Å². The Bertz CT molecular complexity index is 697. The van der Waals surface area contributed by atoms with Gasteiger partial charge in [0.1, 0.15) is 11.8 Å². The second kappa shape index (κ2) is 5.52. The Morgan fingerprint density at radius 2 is 2.29 bits per heavy atom. The minimum absolute atomic E-state index is 0.303. The summed E-state index contributed by atoms with van der Waals surface area (Å²) in [6, 6.07) is 0. The van der Waals surface area contributed by atoms with Crippen LogP contribution in [0.5, 0.6) is 0 Å². The molecule has 0 saturated carbocycles. The van der Waals surface area contributed by atoms with E-state index in [1.807, 2.05) is 0 Å². The number of fused-ring (bicyclic) bond motifs is 1. The molecule has 2 aromatic rings. The number of nitrogen functional groups attached to an aromatic ring is 1. The Morgan fingerprint density at radius 3 is 3.05 bits per heavy atom. The summed E-state index contributed by atoms with van der Waals surface area (Å²) in [5, 5.41) is 9.82. The molecule has 0 aliphatic carbocycles. The molecule has 110 valence electrons. The second-order valence-electron chi connectivity index (χ2n) is 4.87. The smallest absolute Gasteiger partial charge is 0.167 e. The molecule has 4 atom stereocenters. The molecule has 0 radical (unpaired) electrons. The van der Waals surface area contributed by atoms with Crippen molar-refractivity contribution in [2.45, 2.75) is 36.5 Å². The number of terminal acetylenes is 1. The Kier molecular flexibility index (Phi) is 3.71. The number of aromatic nitrogens is 4. The monoisotopic (exact) mass is 305 g/mol. The molecule has 2 aromatic heterocycles. The van der Waals surface area contributed by atoms with Crippen LogP contribution in [0, 0.1) is 12.3 Å². The molecule has 0 bridgehead atoms. The SMILES string of the molecule is C#CCC[C@H]1O[C@@H](n2cnc3c(N)ncnc32)[C@H](S)[C@@H]1O. The molecule has 7 nitrogen and oxygen atoms in total. The third-order valence-corrected chi connectivity index (χ3v) is 4.13. The van der Waals surface area contributed by atoms with E-state index in [1.54, 1.807) is 10.9 Å². The number of thiol groups is 1. The lowest BCUT2D eigenvalue weighted by Crippen LogP contribution is -2.27. The van der Waals surface area contributed by atoms with E-state index in [1.165, 1.54) is 6.33 Å². The van der Waals surface area contributed by atoms with Gasteiger partial charge in [-0.15, -0.1) is 12.3 Å². The van der Waals surface area contributed by atoms with Gasteiger partial charge in [0.25, 0.3) is 0 Å². The number of aliphatic hydroxyl groups excluding tert-OH is 1. The van der Waals surface area contributed by atoms with Crippen LogP contribution in [0.2, 0.25) is 0 Å². The zero-order valence-corrected chi connectivity index (χ0v) is 12.0. The average molecular weight is 305 g/mol. The molecule has 0 spiro atoms. The van der Waals surface area contributed by atoms with Crippen LogP contribution in [-0.2, 0) is 4.74 Å². The zero-order chi connectivity index (χ0) is 15.0. The van der Waals surface area contributed by atoms with E-state index in [2.05, 4.69) is 33.5 Å². The lowest BCUT2D eigenvalue weighted by atomic mass is 10.1. The highest BCUT2D eigenvalue weighted by Gasteiger charge is 2.42. The number of aliphatic hydroxyl groups is 1. The normalized spacial score (nSPS) is 28.8. The first-order valence-corrected chi connectivity index (χ1v) is 7.03. The minimum atomic E-state index is -0.705. The molecule has 0 aromatic carbocycles. The van der Waals surface area contributed by atoms with Gasteiger partial charge in [0.15, 0.2) is 17.7 Å². The van der Waals surface area contributed by atoms with Crippen molar-refractivity contribution in [2.75, 3.05) is 5.73 Å². The molecular formula is C13H15N5O2S. The number of hydrogen-bond donors (Lipinski definition) is 3. The predicted molar refractivity (Wildman–Crippen MR) is 80.5 cm³/mol. The number of imidazole rings is 1. The number of ether oxygens (including phenoxy) is 1. The highest BCUT2D eigenvalue weighted by Crippen LogP contribution is 2.36. The van der Waals surface area contributed by atoms with Crippen LogP contribution in [0.25, 0.3) is 11.2 Å². The molecule has 8 heteroatoms. The molecule has 3 heterocycles. The number of nitrogens with two attached hydrogens (primary N) is 1. The third-order valence-electron chi connectivity index (χ3n) is 3.57. The van der Waals surface area contributed by atoms with E-state index in [4.69, 9.17) is 16.9 Å². The van der Waals surface area contributed by atoms with Crippen molar-refractivity contribution in [3.8, 4) is 12.3 Å². The van der Waals surface area contributed by atoms with Crippen molar-refractivity contribution in [3.63, 3.8) is 0 Å². The van der Waals surface area contributed by atoms with Gasteiger partial charge in [-0.3, -0.25) is 4.57 Å². The first-order chi connectivity index (χ1) is 10.1. The number of nitrogens with zero attached hydrogens (tertiary/aromatic N) is 4. The molecule has 21 heavy (non-hydrogen) atoms. The number of anilines is 1. The molecule has 1 aliphatic heterocycles. The van der Waals surface area contributed by atoms with Gasteiger partial charge in [-0.05, 0) is 6.42 Å². The summed E-state index contributed by atoms with van der Waals surface area (Å²) < 4.78 is 7.59. The minimum Gasteiger partial charge on any atom is -0.389 e. The summed E-state index contributed by atoms with van der Waals surface area (Å²) in [4.78, 5) is 12.3. The molecule has 1 aliphatic rings. The van der Waals surface area contributed by atoms with Gasteiger partial charge >= 0.3 is 0 Å². The summed E-state index contributed by atoms with van der Waals surface area (Å²) in [5.74, 6) is 2.85. The van der Waals surface area contributed by atoms with Gasteiger partial charge in [-0.1, -0.05) is 0 Å². The quantitative estimate of drug-likeness (QED) is 0.560. The lowest BCUT2D eigenvalue weighted by molar-refractivity contribution is -0.0197. The van der Waals surface area contributed by atoms with Crippen LogP contribution in [0.3, 0.4) is 0 Å². The van der Waals surface area contributed by atoms with Crippen molar-refractivity contribution in [2.24, 2.45) is 0 Å². The van der Waals surface area contributed by atoms with Crippen molar-refractivity contribution in [1.29, 1.82) is 0 Å². The van der Waals surface area contributed by atoms with Crippen LogP contribution in [-0.4, -0.2) is 42.1 Å². The molecule has 1 saturated heterocycles. The highest BCUT2D eigenvalue weighted by molar-refractivity contribution is 7.81. The van der Waals surface area contributed by atoms with Crippen molar-refractivity contribution < 1.29 is 9.84 Å². The molecule has 0 amide bonds. The Balaban J connectivity index is 1.92. The molecule has 1 fully saturated rings. The molecule has 3 N–H and O–H groups in total. The van der Waals surface area contributed by atoms with Crippen LogP contribution in [0.15, 0.2) is 12.7 Å². The van der Waals surface area contributed by atoms with E-state index in [0.717, 1.165) is 0 Å².